The van der Waals surface area contributed by atoms with Crippen molar-refractivity contribution >= 4 is 27.3 Å². The summed E-state index contributed by atoms with van der Waals surface area (Å²) in [7, 11) is -3.77. The lowest BCUT2D eigenvalue weighted by atomic mass is 10.5. The molecule has 1 saturated carbocycles. The van der Waals surface area contributed by atoms with Gasteiger partial charge in [-0.1, -0.05) is 17.7 Å². The number of sulfonamides is 1. The summed E-state index contributed by atoms with van der Waals surface area (Å²) in [5.41, 5.74) is 0.482. The average molecular weight is 316 g/mol. The van der Waals surface area contributed by atoms with E-state index in [0.29, 0.717) is 5.65 Å². The topological polar surface area (TPSA) is 74.9 Å². The highest BCUT2D eigenvalue weighted by Gasteiger charge is 2.40. The molecule has 0 aliphatic heterocycles. The van der Waals surface area contributed by atoms with Gasteiger partial charge >= 0.3 is 0 Å². The molecule has 0 bridgehead atoms. The van der Waals surface area contributed by atoms with Crippen LogP contribution in [0.4, 0.5) is 0 Å². The molecule has 2 heterocycles. The van der Waals surface area contributed by atoms with Gasteiger partial charge in [-0.2, -0.15) is 4.31 Å². The highest BCUT2D eigenvalue weighted by molar-refractivity contribution is 7.89. The van der Waals surface area contributed by atoms with Gasteiger partial charge in [0.1, 0.15) is 5.65 Å². The van der Waals surface area contributed by atoms with Crippen LogP contribution >= 0.6 is 11.6 Å². The summed E-state index contributed by atoms with van der Waals surface area (Å²) in [5, 5.41) is 9.02. The van der Waals surface area contributed by atoms with Crippen LogP contribution in [0.3, 0.4) is 0 Å². The Kier molecular flexibility index (Phi) is 3.45. The van der Waals surface area contributed by atoms with Crippen molar-refractivity contribution in [2.24, 2.45) is 0 Å². The lowest BCUT2D eigenvalue weighted by Crippen LogP contribution is -2.36. The van der Waals surface area contributed by atoms with Gasteiger partial charge < -0.3 is 5.11 Å². The molecule has 0 aromatic carbocycles. The van der Waals surface area contributed by atoms with E-state index in [1.807, 2.05) is 0 Å². The van der Waals surface area contributed by atoms with E-state index in [2.05, 4.69) is 4.98 Å². The van der Waals surface area contributed by atoms with Crippen molar-refractivity contribution in [3.63, 3.8) is 0 Å². The van der Waals surface area contributed by atoms with Crippen molar-refractivity contribution in [1.29, 1.82) is 0 Å². The van der Waals surface area contributed by atoms with Gasteiger partial charge in [-0.25, -0.2) is 13.4 Å². The van der Waals surface area contributed by atoms with Crippen molar-refractivity contribution in [3.8, 4) is 0 Å². The molecule has 108 valence electrons. The molecule has 0 unspecified atom stereocenters. The zero-order valence-corrected chi connectivity index (χ0v) is 12.2. The summed E-state index contributed by atoms with van der Waals surface area (Å²) < 4.78 is 28.3. The van der Waals surface area contributed by atoms with E-state index in [9.17, 15) is 8.42 Å². The van der Waals surface area contributed by atoms with E-state index in [4.69, 9.17) is 16.7 Å². The molecule has 0 radical (unpaired) electrons. The molecule has 2 aromatic heterocycles. The van der Waals surface area contributed by atoms with Crippen LogP contribution in [0.5, 0.6) is 0 Å². The fourth-order valence-corrected chi connectivity index (χ4v) is 4.53. The normalized spacial score (nSPS) is 16.1. The molecule has 3 rings (SSSR count). The Morgan fingerprint density at radius 3 is 2.85 bits per heavy atom. The second-order valence-corrected chi connectivity index (χ2v) is 6.87. The Morgan fingerprint density at radius 1 is 1.45 bits per heavy atom. The van der Waals surface area contributed by atoms with Crippen molar-refractivity contribution in [2.75, 3.05) is 13.2 Å². The first-order chi connectivity index (χ1) is 9.55. The zero-order chi connectivity index (χ0) is 14.3. The maximum Gasteiger partial charge on any atom is 0.262 e. The quantitative estimate of drug-likeness (QED) is 0.897. The van der Waals surface area contributed by atoms with Crippen LogP contribution in [-0.2, 0) is 10.0 Å². The van der Waals surface area contributed by atoms with Crippen molar-refractivity contribution in [1.82, 2.24) is 13.7 Å². The molecular formula is C12H14ClN3O3S. The van der Waals surface area contributed by atoms with E-state index in [1.165, 1.54) is 8.71 Å². The van der Waals surface area contributed by atoms with Crippen LogP contribution in [0.2, 0.25) is 5.15 Å². The Morgan fingerprint density at radius 2 is 2.20 bits per heavy atom. The van der Waals surface area contributed by atoms with Gasteiger partial charge in [0.15, 0.2) is 10.2 Å². The van der Waals surface area contributed by atoms with Crippen molar-refractivity contribution < 1.29 is 13.5 Å². The third kappa shape index (κ3) is 2.20. The van der Waals surface area contributed by atoms with Gasteiger partial charge in [0.2, 0.25) is 0 Å². The first-order valence-electron chi connectivity index (χ1n) is 6.31. The van der Waals surface area contributed by atoms with Crippen molar-refractivity contribution in [2.45, 2.75) is 23.9 Å². The summed E-state index contributed by atoms with van der Waals surface area (Å²) in [5.74, 6) is 0. The minimum absolute atomic E-state index is 0.0323. The number of aliphatic hydroxyl groups excluding tert-OH is 1. The second kappa shape index (κ2) is 5.00. The number of imidazole rings is 1. The smallest absolute Gasteiger partial charge is 0.262 e. The number of rotatable bonds is 5. The number of hydrogen-bond donors (Lipinski definition) is 1. The summed E-state index contributed by atoms with van der Waals surface area (Å²) in [6, 6.07) is 5.13. The van der Waals surface area contributed by atoms with E-state index in [1.54, 1.807) is 24.4 Å². The van der Waals surface area contributed by atoms with Gasteiger partial charge in [0, 0.05) is 18.8 Å². The van der Waals surface area contributed by atoms with Crippen LogP contribution in [0.25, 0.3) is 5.65 Å². The van der Waals surface area contributed by atoms with Crippen LogP contribution in [-0.4, -0.2) is 46.4 Å². The lowest BCUT2D eigenvalue weighted by molar-refractivity contribution is 0.250. The highest BCUT2D eigenvalue weighted by Crippen LogP contribution is 2.34. The number of halogens is 1. The number of pyridine rings is 1. The number of aliphatic hydroxyl groups is 1. The second-order valence-electron chi connectivity index (χ2n) is 4.71. The molecule has 20 heavy (non-hydrogen) atoms. The largest absolute Gasteiger partial charge is 0.395 e. The Labute approximate surface area is 121 Å². The predicted octanol–water partition coefficient (Wildman–Crippen LogP) is 1.13. The fraction of sp³-hybridized carbons (Fsp3) is 0.417. The minimum Gasteiger partial charge on any atom is -0.395 e. The summed E-state index contributed by atoms with van der Waals surface area (Å²) >= 11 is 6.02. The van der Waals surface area contributed by atoms with Crippen LogP contribution in [0.1, 0.15) is 12.8 Å². The van der Waals surface area contributed by atoms with E-state index < -0.39 is 10.0 Å². The first kappa shape index (κ1) is 13.8. The van der Waals surface area contributed by atoms with E-state index in [-0.39, 0.29) is 29.4 Å². The van der Waals surface area contributed by atoms with Gasteiger partial charge in [-0.05, 0) is 25.0 Å². The number of fused-ring (bicyclic) bond motifs is 1. The maximum atomic E-state index is 12.8. The number of nitrogens with zero attached hydrogens (tertiary/aromatic N) is 3. The average Bonchev–Trinajstić information content (AvgIpc) is 3.16. The standard InChI is InChI=1S/C12H14ClN3O3S/c13-11-12(15-6-2-1-3-10(15)14-11)20(18,19)16(7-8-17)9-4-5-9/h1-3,6,9,17H,4-5,7-8H2. The monoisotopic (exact) mass is 315 g/mol. The molecule has 1 aliphatic carbocycles. The third-order valence-corrected chi connectivity index (χ3v) is 5.63. The van der Waals surface area contributed by atoms with Crippen LogP contribution < -0.4 is 0 Å². The Bertz CT molecular complexity index is 739. The van der Waals surface area contributed by atoms with Gasteiger partial charge in [0.25, 0.3) is 10.0 Å². The summed E-state index contributed by atoms with van der Waals surface area (Å²) in [4.78, 5) is 4.06. The maximum absolute atomic E-state index is 12.8. The van der Waals surface area contributed by atoms with E-state index >= 15 is 0 Å². The predicted molar refractivity (Wildman–Crippen MR) is 74.2 cm³/mol. The fourth-order valence-electron chi connectivity index (χ4n) is 2.25. The number of aromatic nitrogens is 2. The van der Waals surface area contributed by atoms with Crippen LogP contribution in [0, 0.1) is 0 Å². The summed E-state index contributed by atoms with van der Waals surface area (Å²) in [6.45, 7) is -0.145. The van der Waals surface area contributed by atoms with Crippen LogP contribution in [0.15, 0.2) is 29.4 Å². The molecule has 1 N–H and O–H groups in total. The SMILES string of the molecule is O=S(=O)(c1c(Cl)nc2ccccn12)N(CCO)C1CC1. The number of hydrogen-bond acceptors (Lipinski definition) is 4. The van der Waals surface area contributed by atoms with E-state index in [0.717, 1.165) is 12.8 Å². The van der Waals surface area contributed by atoms with Crippen molar-refractivity contribution in [3.05, 3.63) is 29.5 Å². The Hall–Kier alpha value is -1.15. The molecule has 1 fully saturated rings. The molecule has 1 aliphatic rings. The molecule has 0 spiro atoms. The lowest BCUT2D eigenvalue weighted by Gasteiger charge is -2.20. The molecule has 8 heteroatoms. The molecule has 2 aromatic rings. The zero-order valence-electron chi connectivity index (χ0n) is 10.6. The molecular weight excluding hydrogens is 302 g/mol. The Balaban J connectivity index is 2.15. The first-order valence-corrected chi connectivity index (χ1v) is 8.13. The minimum atomic E-state index is -3.77. The molecule has 0 amide bonds. The highest BCUT2D eigenvalue weighted by atomic mass is 35.5. The third-order valence-electron chi connectivity index (χ3n) is 3.27. The van der Waals surface area contributed by atoms with Gasteiger partial charge in [0.05, 0.1) is 6.61 Å². The van der Waals surface area contributed by atoms with Gasteiger partial charge in [-0.3, -0.25) is 4.40 Å². The molecule has 0 atom stereocenters. The van der Waals surface area contributed by atoms with Gasteiger partial charge in [-0.15, -0.1) is 0 Å². The molecule has 0 saturated heterocycles. The summed E-state index contributed by atoms with van der Waals surface area (Å²) in [6.07, 6.45) is 3.24. The molecule has 6 nitrogen and oxygen atoms in total.